The van der Waals surface area contributed by atoms with Gasteiger partial charge in [-0.15, -0.1) is 0 Å². The van der Waals surface area contributed by atoms with Gasteiger partial charge in [-0.25, -0.2) is 0 Å². The second kappa shape index (κ2) is 12.9. The van der Waals surface area contributed by atoms with E-state index in [1.54, 1.807) is 0 Å². The Bertz CT molecular complexity index is 3940. The maximum absolute atomic E-state index is 6.50. The lowest BCUT2D eigenvalue weighted by molar-refractivity contribution is 0.664. The van der Waals surface area contributed by atoms with Crippen molar-refractivity contribution in [3.05, 3.63) is 241 Å². The van der Waals surface area contributed by atoms with E-state index in [1.807, 2.05) is 12.1 Å². The van der Waals surface area contributed by atoms with Crippen LogP contribution in [0.2, 0.25) is 0 Å². The molecule has 0 saturated carbocycles. The van der Waals surface area contributed by atoms with Gasteiger partial charge in [-0.1, -0.05) is 170 Å². The zero-order valence-electron chi connectivity index (χ0n) is 34.1. The molecular weight excluding hydrogens is 765 g/mol. The SMILES string of the molecule is c1ccc(C2(c3ccccc3)c3cc(-c4ccc5oc6cc7c(cc6c5c4)oc4ccccc47)ccc3-c3ccc(-c4ccc5c6ccccc6c6ccccc6c5c4)cc32)cc1. The highest BCUT2D eigenvalue weighted by Gasteiger charge is 2.46. The highest BCUT2D eigenvalue weighted by Crippen LogP contribution is 2.57. The third-order valence-corrected chi connectivity index (χ3v) is 13.9. The molecular formula is C61H36O2. The van der Waals surface area contributed by atoms with Crippen molar-refractivity contribution in [2.45, 2.75) is 5.41 Å². The lowest BCUT2D eigenvalue weighted by Gasteiger charge is -2.34. The summed E-state index contributed by atoms with van der Waals surface area (Å²) in [6.07, 6.45) is 0. The minimum Gasteiger partial charge on any atom is -0.456 e. The van der Waals surface area contributed by atoms with Gasteiger partial charge < -0.3 is 8.83 Å². The minimum absolute atomic E-state index is 0.571. The summed E-state index contributed by atoms with van der Waals surface area (Å²) in [7, 11) is 0. The summed E-state index contributed by atoms with van der Waals surface area (Å²) < 4.78 is 12.8. The van der Waals surface area contributed by atoms with Crippen LogP contribution in [0.1, 0.15) is 22.3 Å². The van der Waals surface area contributed by atoms with Gasteiger partial charge in [0.2, 0.25) is 0 Å². The van der Waals surface area contributed by atoms with Gasteiger partial charge in [-0.2, -0.15) is 0 Å². The second-order valence-corrected chi connectivity index (χ2v) is 17.1. The van der Waals surface area contributed by atoms with E-state index in [4.69, 9.17) is 8.83 Å². The predicted molar refractivity (Wildman–Crippen MR) is 262 cm³/mol. The fraction of sp³-hybridized carbons (Fsp3) is 0.0164. The fourth-order valence-electron chi connectivity index (χ4n) is 11.1. The molecule has 0 radical (unpaired) electrons. The van der Waals surface area contributed by atoms with Crippen molar-refractivity contribution in [2.24, 2.45) is 0 Å². The quantitative estimate of drug-likeness (QED) is 0.166. The minimum atomic E-state index is -0.571. The number of rotatable bonds is 4. The van der Waals surface area contributed by atoms with Gasteiger partial charge in [0.05, 0.1) is 5.41 Å². The summed E-state index contributed by atoms with van der Waals surface area (Å²) in [5.74, 6) is 0. The highest BCUT2D eigenvalue weighted by molar-refractivity contribution is 6.26. The monoisotopic (exact) mass is 800 g/mol. The summed E-state index contributed by atoms with van der Waals surface area (Å²) in [5.41, 5.74) is 15.2. The Morgan fingerprint density at radius 3 is 1.19 bits per heavy atom. The molecule has 0 amide bonds. The molecule has 1 aliphatic carbocycles. The van der Waals surface area contributed by atoms with E-state index in [0.29, 0.717) is 0 Å². The molecule has 0 bridgehead atoms. The Morgan fingerprint density at radius 2 is 0.619 bits per heavy atom. The van der Waals surface area contributed by atoms with Gasteiger partial charge in [0.15, 0.2) is 0 Å². The van der Waals surface area contributed by atoms with E-state index < -0.39 is 5.41 Å². The van der Waals surface area contributed by atoms with Crippen LogP contribution >= 0.6 is 0 Å². The largest absolute Gasteiger partial charge is 0.456 e. The first kappa shape index (κ1) is 34.5. The van der Waals surface area contributed by atoms with E-state index in [0.717, 1.165) is 55.0 Å². The molecule has 292 valence electrons. The summed E-state index contributed by atoms with van der Waals surface area (Å²) in [5, 5.41) is 12.0. The van der Waals surface area contributed by atoms with Crippen LogP contribution in [0.4, 0.5) is 0 Å². The highest BCUT2D eigenvalue weighted by atomic mass is 16.3. The molecule has 63 heavy (non-hydrogen) atoms. The predicted octanol–water partition coefficient (Wildman–Crippen LogP) is 16.6. The average Bonchev–Trinajstić information content (AvgIpc) is 4.00. The number of fused-ring (bicyclic) bond motifs is 15. The number of furan rings is 2. The van der Waals surface area contributed by atoms with Gasteiger partial charge in [0.25, 0.3) is 0 Å². The topological polar surface area (TPSA) is 26.3 Å². The Morgan fingerprint density at radius 1 is 0.238 bits per heavy atom. The molecule has 0 N–H and O–H groups in total. The fourth-order valence-corrected chi connectivity index (χ4v) is 11.1. The Labute approximate surface area is 362 Å². The summed E-state index contributed by atoms with van der Waals surface area (Å²) in [6.45, 7) is 0. The van der Waals surface area contributed by atoms with Crippen LogP contribution in [0.25, 0.3) is 110 Å². The maximum atomic E-state index is 6.50. The molecule has 2 aromatic heterocycles. The molecule has 2 nitrogen and oxygen atoms in total. The molecule has 0 aliphatic heterocycles. The van der Waals surface area contributed by atoms with Crippen molar-refractivity contribution in [3.8, 4) is 33.4 Å². The van der Waals surface area contributed by atoms with Crippen molar-refractivity contribution < 1.29 is 8.83 Å². The van der Waals surface area contributed by atoms with Crippen molar-refractivity contribution in [1.29, 1.82) is 0 Å². The molecule has 0 saturated heterocycles. The van der Waals surface area contributed by atoms with E-state index >= 15 is 0 Å². The van der Waals surface area contributed by atoms with E-state index in [9.17, 15) is 0 Å². The first-order valence-corrected chi connectivity index (χ1v) is 21.7. The van der Waals surface area contributed by atoms with Crippen LogP contribution in [0.15, 0.2) is 227 Å². The summed E-state index contributed by atoms with van der Waals surface area (Å²) >= 11 is 0. The molecule has 0 fully saturated rings. The third-order valence-electron chi connectivity index (χ3n) is 13.9. The summed E-state index contributed by atoms with van der Waals surface area (Å²) in [4.78, 5) is 0. The second-order valence-electron chi connectivity index (χ2n) is 17.1. The van der Waals surface area contributed by atoms with Crippen LogP contribution in [0.5, 0.6) is 0 Å². The zero-order chi connectivity index (χ0) is 41.2. The summed E-state index contributed by atoms with van der Waals surface area (Å²) in [6, 6.07) is 80.2. The lowest BCUT2D eigenvalue weighted by Crippen LogP contribution is -2.28. The first-order chi connectivity index (χ1) is 31.2. The molecule has 11 aromatic carbocycles. The van der Waals surface area contributed by atoms with Crippen LogP contribution < -0.4 is 0 Å². The van der Waals surface area contributed by atoms with Crippen LogP contribution in [0.3, 0.4) is 0 Å². The van der Waals surface area contributed by atoms with Crippen molar-refractivity contribution in [2.75, 3.05) is 0 Å². The van der Waals surface area contributed by atoms with Gasteiger partial charge in [0, 0.05) is 21.5 Å². The number of hydrogen-bond donors (Lipinski definition) is 0. The maximum Gasteiger partial charge on any atom is 0.136 e. The molecule has 2 heterocycles. The zero-order valence-corrected chi connectivity index (χ0v) is 34.1. The van der Waals surface area contributed by atoms with Crippen molar-refractivity contribution in [3.63, 3.8) is 0 Å². The van der Waals surface area contributed by atoms with Crippen molar-refractivity contribution in [1.82, 2.24) is 0 Å². The Hall–Kier alpha value is -8.20. The average molecular weight is 801 g/mol. The van der Waals surface area contributed by atoms with E-state index in [2.05, 4.69) is 206 Å². The first-order valence-electron chi connectivity index (χ1n) is 21.7. The van der Waals surface area contributed by atoms with Gasteiger partial charge in [0.1, 0.15) is 22.3 Å². The van der Waals surface area contributed by atoms with Gasteiger partial charge in [-0.05, 0) is 136 Å². The van der Waals surface area contributed by atoms with Crippen LogP contribution in [0, 0.1) is 0 Å². The molecule has 14 rings (SSSR count). The number of para-hydroxylation sites is 1. The van der Waals surface area contributed by atoms with E-state index in [1.165, 1.54) is 76.8 Å². The number of hydrogen-bond acceptors (Lipinski definition) is 2. The number of benzene rings is 11. The Balaban J connectivity index is 0.977. The van der Waals surface area contributed by atoms with Crippen molar-refractivity contribution >= 4 is 76.2 Å². The van der Waals surface area contributed by atoms with Gasteiger partial charge >= 0.3 is 0 Å². The van der Waals surface area contributed by atoms with Crippen LogP contribution in [-0.2, 0) is 5.41 Å². The molecule has 0 atom stereocenters. The Kier molecular flexibility index (Phi) is 7.07. The third kappa shape index (κ3) is 4.83. The standard InChI is InChI=1S/C61H36O2/c1-3-13-41(14-4-1)61(42-15-5-2-6-16-42)55-33-39(37-23-27-47-45-19-8-7-17-43(45)44-18-9-10-20-46(44)51(47)31-37)24-28-48(55)49-29-25-40(34-56(49)61)38-26-30-58-52(32-38)54-36-59-53(35-60(54)63-58)50-21-11-12-22-57(50)62-59/h1-36H. The molecule has 0 unspecified atom stereocenters. The van der Waals surface area contributed by atoms with Gasteiger partial charge in [-0.3, -0.25) is 0 Å². The molecule has 13 aromatic rings. The molecule has 2 heteroatoms. The van der Waals surface area contributed by atoms with Crippen LogP contribution in [-0.4, -0.2) is 0 Å². The smallest absolute Gasteiger partial charge is 0.136 e. The van der Waals surface area contributed by atoms with E-state index in [-0.39, 0.29) is 0 Å². The normalized spacial score (nSPS) is 13.2. The molecule has 1 aliphatic rings. The lowest BCUT2D eigenvalue weighted by atomic mass is 9.67. The molecule has 0 spiro atoms.